The zero-order valence-electron chi connectivity index (χ0n) is 16.3. The standard InChI is InChI=1S/C19H22N6O2/c1-9-16(12(4)27-23-9)13-7-14(18-15(8-13)21-19(26)24(18)5)20-17-10(2)22-25(6)11(17)3/h7-8,20H,1-6H3,(H,21,26). The maximum absolute atomic E-state index is 12.2. The van der Waals surface area contributed by atoms with Crippen LogP contribution in [0.1, 0.15) is 22.8 Å². The van der Waals surface area contributed by atoms with Crippen molar-refractivity contribution >= 4 is 22.4 Å². The summed E-state index contributed by atoms with van der Waals surface area (Å²) in [5, 5.41) is 12.0. The van der Waals surface area contributed by atoms with Crippen molar-refractivity contribution < 1.29 is 4.52 Å². The van der Waals surface area contributed by atoms with Crippen molar-refractivity contribution in [3.8, 4) is 11.1 Å². The molecular formula is C19H22N6O2. The number of fused-ring (bicyclic) bond motifs is 1. The first-order valence-corrected chi connectivity index (χ1v) is 8.71. The van der Waals surface area contributed by atoms with Crippen LogP contribution in [0.25, 0.3) is 22.2 Å². The van der Waals surface area contributed by atoms with Gasteiger partial charge in [-0.1, -0.05) is 5.16 Å². The SMILES string of the molecule is Cc1nn(C)c(C)c1Nc1cc(-c2c(C)noc2C)cc2[nH]c(=O)n(C)c12. The minimum absolute atomic E-state index is 0.163. The predicted molar refractivity (Wildman–Crippen MR) is 104 cm³/mol. The maximum atomic E-state index is 12.2. The van der Waals surface area contributed by atoms with Crippen LogP contribution in [-0.4, -0.2) is 24.5 Å². The van der Waals surface area contributed by atoms with Gasteiger partial charge >= 0.3 is 5.69 Å². The number of imidazole rings is 1. The highest BCUT2D eigenvalue weighted by Crippen LogP contribution is 2.35. The van der Waals surface area contributed by atoms with E-state index in [2.05, 4.69) is 20.6 Å². The molecule has 2 N–H and O–H groups in total. The van der Waals surface area contributed by atoms with Gasteiger partial charge < -0.3 is 14.8 Å². The van der Waals surface area contributed by atoms with Gasteiger partial charge in [0.2, 0.25) is 0 Å². The van der Waals surface area contributed by atoms with Crippen LogP contribution in [0.2, 0.25) is 0 Å². The average Bonchev–Trinajstić information content (AvgIpc) is 3.18. The van der Waals surface area contributed by atoms with Gasteiger partial charge in [-0.05, 0) is 45.4 Å². The quantitative estimate of drug-likeness (QED) is 0.581. The normalized spacial score (nSPS) is 11.5. The fraction of sp³-hybridized carbons (Fsp3) is 0.316. The highest BCUT2D eigenvalue weighted by Gasteiger charge is 2.18. The van der Waals surface area contributed by atoms with E-state index in [4.69, 9.17) is 4.52 Å². The molecule has 0 fully saturated rings. The minimum Gasteiger partial charge on any atom is -0.361 e. The van der Waals surface area contributed by atoms with Gasteiger partial charge in [-0.15, -0.1) is 0 Å². The molecule has 0 saturated heterocycles. The van der Waals surface area contributed by atoms with Crippen molar-refractivity contribution in [2.24, 2.45) is 14.1 Å². The first-order valence-electron chi connectivity index (χ1n) is 8.71. The Morgan fingerprint density at radius 2 is 1.85 bits per heavy atom. The molecule has 3 heterocycles. The van der Waals surface area contributed by atoms with Crippen LogP contribution in [0.4, 0.5) is 11.4 Å². The summed E-state index contributed by atoms with van der Waals surface area (Å²) < 4.78 is 8.77. The van der Waals surface area contributed by atoms with Crippen molar-refractivity contribution in [3.63, 3.8) is 0 Å². The summed E-state index contributed by atoms with van der Waals surface area (Å²) in [6, 6.07) is 3.98. The number of H-pyrrole nitrogens is 1. The van der Waals surface area contributed by atoms with Crippen LogP contribution in [0.15, 0.2) is 21.5 Å². The number of nitrogens with zero attached hydrogens (tertiary/aromatic N) is 4. The van der Waals surface area contributed by atoms with Gasteiger partial charge in [-0.25, -0.2) is 4.79 Å². The van der Waals surface area contributed by atoms with Crippen LogP contribution < -0.4 is 11.0 Å². The fourth-order valence-electron chi connectivity index (χ4n) is 3.62. The number of hydrogen-bond donors (Lipinski definition) is 2. The molecule has 8 nitrogen and oxygen atoms in total. The molecule has 0 aliphatic heterocycles. The Morgan fingerprint density at radius 1 is 1.11 bits per heavy atom. The van der Waals surface area contributed by atoms with Crippen molar-refractivity contribution in [2.75, 3.05) is 5.32 Å². The summed E-state index contributed by atoms with van der Waals surface area (Å²) >= 11 is 0. The van der Waals surface area contributed by atoms with Crippen molar-refractivity contribution in [1.29, 1.82) is 0 Å². The molecule has 3 aromatic heterocycles. The maximum Gasteiger partial charge on any atom is 0.326 e. The number of aryl methyl sites for hydroxylation is 5. The molecule has 0 unspecified atom stereocenters. The number of aromatic nitrogens is 5. The highest BCUT2D eigenvalue weighted by molar-refractivity contribution is 5.95. The predicted octanol–water partition coefficient (Wildman–Crippen LogP) is 3.23. The van der Waals surface area contributed by atoms with Crippen LogP contribution in [0.5, 0.6) is 0 Å². The molecule has 0 radical (unpaired) electrons. The summed E-state index contributed by atoms with van der Waals surface area (Å²) in [5.74, 6) is 0.741. The molecule has 0 aliphatic carbocycles. The number of hydrogen-bond acceptors (Lipinski definition) is 5. The van der Waals surface area contributed by atoms with E-state index < -0.39 is 0 Å². The Kier molecular flexibility index (Phi) is 3.73. The van der Waals surface area contributed by atoms with Crippen molar-refractivity contribution in [1.82, 2.24) is 24.5 Å². The summed E-state index contributed by atoms with van der Waals surface area (Å²) in [5.41, 5.74) is 7.74. The van der Waals surface area contributed by atoms with Crippen LogP contribution in [-0.2, 0) is 14.1 Å². The monoisotopic (exact) mass is 366 g/mol. The Bertz CT molecular complexity index is 1220. The molecule has 0 atom stereocenters. The molecule has 4 aromatic rings. The first kappa shape index (κ1) is 17.1. The second-order valence-electron chi connectivity index (χ2n) is 6.90. The molecule has 8 heteroatoms. The van der Waals surface area contributed by atoms with Crippen molar-refractivity contribution in [3.05, 3.63) is 45.5 Å². The van der Waals surface area contributed by atoms with Gasteiger partial charge in [-0.2, -0.15) is 5.10 Å². The van der Waals surface area contributed by atoms with E-state index in [1.165, 1.54) is 0 Å². The molecule has 0 spiro atoms. The largest absolute Gasteiger partial charge is 0.361 e. The second kappa shape index (κ2) is 5.87. The van der Waals surface area contributed by atoms with E-state index in [-0.39, 0.29) is 5.69 Å². The molecule has 4 rings (SSSR count). The van der Waals surface area contributed by atoms with Gasteiger partial charge in [0.1, 0.15) is 5.76 Å². The molecule has 27 heavy (non-hydrogen) atoms. The van der Waals surface area contributed by atoms with Crippen LogP contribution >= 0.6 is 0 Å². The Balaban J connectivity index is 1.99. The molecule has 0 bridgehead atoms. The van der Waals surface area contributed by atoms with E-state index >= 15 is 0 Å². The summed E-state index contributed by atoms with van der Waals surface area (Å²) in [6.45, 7) is 7.76. The molecule has 0 saturated carbocycles. The number of nitrogens with one attached hydrogen (secondary N) is 2. The third kappa shape index (κ3) is 2.56. The lowest BCUT2D eigenvalue weighted by molar-refractivity contribution is 0.393. The average molecular weight is 366 g/mol. The Hall–Kier alpha value is -3.29. The van der Waals surface area contributed by atoms with E-state index in [0.717, 1.165) is 56.4 Å². The number of aromatic amines is 1. The number of anilines is 2. The van der Waals surface area contributed by atoms with E-state index in [1.54, 1.807) is 11.6 Å². The third-order valence-corrected chi connectivity index (χ3v) is 5.08. The number of rotatable bonds is 3. The molecular weight excluding hydrogens is 344 g/mol. The zero-order valence-corrected chi connectivity index (χ0v) is 16.3. The Morgan fingerprint density at radius 3 is 2.44 bits per heavy atom. The molecule has 0 amide bonds. The molecule has 1 aromatic carbocycles. The van der Waals surface area contributed by atoms with E-state index in [9.17, 15) is 4.79 Å². The Labute approximate surface area is 155 Å². The van der Waals surface area contributed by atoms with Gasteiger partial charge in [0.05, 0.1) is 39.5 Å². The zero-order chi connectivity index (χ0) is 19.5. The van der Waals surface area contributed by atoms with Gasteiger partial charge in [-0.3, -0.25) is 9.25 Å². The van der Waals surface area contributed by atoms with Gasteiger partial charge in [0, 0.05) is 19.7 Å². The summed E-state index contributed by atoms with van der Waals surface area (Å²) in [4.78, 5) is 15.2. The number of benzene rings is 1. The van der Waals surface area contributed by atoms with Gasteiger partial charge in [0.25, 0.3) is 0 Å². The highest BCUT2D eigenvalue weighted by atomic mass is 16.5. The lowest BCUT2D eigenvalue weighted by Gasteiger charge is -2.12. The van der Waals surface area contributed by atoms with Crippen LogP contribution in [0, 0.1) is 27.7 Å². The van der Waals surface area contributed by atoms with E-state index in [0.29, 0.717) is 0 Å². The lowest BCUT2D eigenvalue weighted by atomic mass is 10.0. The van der Waals surface area contributed by atoms with Crippen molar-refractivity contribution in [2.45, 2.75) is 27.7 Å². The minimum atomic E-state index is -0.163. The summed E-state index contributed by atoms with van der Waals surface area (Å²) in [6.07, 6.45) is 0. The third-order valence-electron chi connectivity index (χ3n) is 5.08. The topological polar surface area (TPSA) is 93.7 Å². The lowest BCUT2D eigenvalue weighted by Crippen LogP contribution is -2.12. The molecule has 0 aliphatic rings. The van der Waals surface area contributed by atoms with E-state index in [1.807, 2.05) is 51.6 Å². The second-order valence-corrected chi connectivity index (χ2v) is 6.90. The molecule has 140 valence electrons. The fourth-order valence-corrected chi connectivity index (χ4v) is 3.62. The first-order chi connectivity index (χ1) is 12.8. The summed E-state index contributed by atoms with van der Waals surface area (Å²) in [7, 11) is 3.67. The smallest absolute Gasteiger partial charge is 0.326 e. The van der Waals surface area contributed by atoms with Gasteiger partial charge in [0.15, 0.2) is 0 Å². The van der Waals surface area contributed by atoms with Crippen LogP contribution in [0.3, 0.4) is 0 Å².